The maximum Gasteiger partial charge on any atom is 0.182 e. The Hall–Kier alpha value is -1.59. The highest BCUT2D eigenvalue weighted by molar-refractivity contribution is 7.90. The molecule has 106 valence electrons. The number of rotatable bonds is 3. The minimum Gasteiger partial charge on any atom is -0.399 e. The summed E-state index contributed by atoms with van der Waals surface area (Å²) in [7, 11) is -3.55. The quantitative estimate of drug-likeness (QED) is 0.884. The summed E-state index contributed by atoms with van der Waals surface area (Å²) in [6.07, 6.45) is 0. The molecule has 0 saturated carbocycles. The molecule has 0 amide bonds. The van der Waals surface area contributed by atoms with Crippen molar-refractivity contribution in [2.45, 2.75) is 17.6 Å². The Bertz CT molecular complexity index is 760. The van der Waals surface area contributed by atoms with Crippen molar-refractivity contribution in [3.05, 3.63) is 58.4 Å². The Balaban J connectivity index is 2.35. The monoisotopic (exact) mass is 313 g/mol. The van der Waals surface area contributed by atoms with Crippen LogP contribution in [0.3, 0.4) is 0 Å². The normalized spacial score (nSPS) is 11.6. The molecule has 0 saturated heterocycles. The molecule has 0 fully saturated rings. The van der Waals surface area contributed by atoms with E-state index in [1.165, 1.54) is 24.3 Å². The summed E-state index contributed by atoms with van der Waals surface area (Å²) in [5, 5.41) is -0.0329. The summed E-state index contributed by atoms with van der Waals surface area (Å²) in [5.74, 6) is -0.919. The molecule has 2 N–H and O–H groups in total. The molecule has 0 radical (unpaired) electrons. The van der Waals surface area contributed by atoms with Crippen LogP contribution in [0.1, 0.15) is 11.1 Å². The Morgan fingerprint density at radius 1 is 1.20 bits per heavy atom. The van der Waals surface area contributed by atoms with E-state index in [1.807, 2.05) is 0 Å². The van der Waals surface area contributed by atoms with Gasteiger partial charge in [0.1, 0.15) is 5.82 Å². The number of hydrogen-bond acceptors (Lipinski definition) is 3. The topological polar surface area (TPSA) is 60.2 Å². The fraction of sp³-hybridized carbons (Fsp3) is 0.143. The lowest BCUT2D eigenvalue weighted by atomic mass is 10.2. The number of anilines is 1. The molecule has 0 unspecified atom stereocenters. The number of hydrogen-bond donors (Lipinski definition) is 1. The van der Waals surface area contributed by atoms with Crippen LogP contribution in [0.5, 0.6) is 0 Å². The molecule has 2 aromatic carbocycles. The third-order valence-electron chi connectivity index (χ3n) is 2.94. The molecular formula is C14H13ClFNO2S. The van der Waals surface area contributed by atoms with Gasteiger partial charge in [-0.2, -0.15) is 0 Å². The fourth-order valence-electron chi connectivity index (χ4n) is 1.77. The molecule has 0 aliphatic carbocycles. The van der Waals surface area contributed by atoms with Crippen molar-refractivity contribution in [3.63, 3.8) is 0 Å². The lowest BCUT2D eigenvalue weighted by molar-refractivity contribution is 0.594. The van der Waals surface area contributed by atoms with Crippen molar-refractivity contribution in [1.82, 2.24) is 0 Å². The fourth-order valence-corrected chi connectivity index (χ4v) is 3.31. The van der Waals surface area contributed by atoms with Crippen molar-refractivity contribution in [2.24, 2.45) is 0 Å². The van der Waals surface area contributed by atoms with Gasteiger partial charge in [0.25, 0.3) is 0 Å². The first kappa shape index (κ1) is 14.8. The lowest BCUT2D eigenvalue weighted by Gasteiger charge is -2.07. The largest absolute Gasteiger partial charge is 0.399 e. The van der Waals surface area contributed by atoms with Crippen LogP contribution in [0.2, 0.25) is 5.02 Å². The maximum atomic E-state index is 13.3. The molecule has 0 aromatic heterocycles. The molecule has 20 heavy (non-hydrogen) atoms. The zero-order valence-corrected chi connectivity index (χ0v) is 12.3. The first-order valence-electron chi connectivity index (χ1n) is 5.82. The van der Waals surface area contributed by atoms with E-state index >= 15 is 0 Å². The molecule has 0 bridgehead atoms. The van der Waals surface area contributed by atoms with E-state index in [0.29, 0.717) is 16.8 Å². The van der Waals surface area contributed by atoms with Crippen LogP contribution >= 0.6 is 11.6 Å². The van der Waals surface area contributed by atoms with Gasteiger partial charge < -0.3 is 5.73 Å². The van der Waals surface area contributed by atoms with Gasteiger partial charge in [0.15, 0.2) is 9.84 Å². The average molecular weight is 314 g/mol. The van der Waals surface area contributed by atoms with Gasteiger partial charge in [0.05, 0.1) is 15.7 Å². The van der Waals surface area contributed by atoms with Gasteiger partial charge >= 0.3 is 0 Å². The van der Waals surface area contributed by atoms with E-state index in [-0.39, 0.29) is 15.7 Å². The van der Waals surface area contributed by atoms with Gasteiger partial charge in [-0.3, -0.25) is 0 Å². The minimum absolute atomic E-state index is 0.0329. The molecule has 6 heteroatoms. The molecular weight excluding hydrogens is 301 g/mol. The molecule has 0 heterocycles. The predicted octanol–water partition coefficient (Wildman–Crippen LogP) is 3.34. The molecule has 0 aliphatic heterocycles. The van der Waals surface area contributed by atoms with E-state index in [0.717, 1.165) is 6.07 Å². The second kappa shape index (κ2) is 5.42. The summed E-state index contributed by atoms with van der Waals surface area (Å²) < 4.78 is 37.9. The van der Waals surface area contributed by atoms with E-state index in [1.54, 1.807) is 13.0 Å². The zero-order chi connectivity index (χ0) is 14.9. The highest BCUT2D eigenvalue weighted by Gasteiger charge is 2.17. The Labute approximate surface area is 122 Å². The van der Waals surface area contributed by atoms with Crippen LogP contribution in [0.25, 0.3) is 0 Å². The third kappa shape index (κ3) is 3.11. The summed E-state index contributed by atoms with van der Waals surface area (Å²) >= 11 is 5.57. The van der Waals surface area contributed by atoms with Gasteiger partial charge in [-0.25, -0.2) is 12.8 Å². The number of benzene rings is 2. The van der Waals surface area contributed by atoms with Crippen molar-refractivity contribution in [1.29, 1.82) is 0 Å². The SMILES string of the molecule is Cc1cc(S(=O)(=O)Cc2ccc(Cl)c(F)c2)ccc1N. The van der Waals surface area contributed by atoms with Crippen LogP contribution in [0, 0.1) is 12.7 Å². The highest BCUT2D eigenvalue weighted by Crippen LogP contribution is 2.22. The number of nitrogens with two attached hydrogens (primary N) is 1. The molecule has 0 atom stereocenters. The highest BCUT2D eigenvalue weighted by atomic mass is 35.5. The van der Waals surface area contributed by atoms with E-state index in [9.17, 15) is 12.8 Å². The third-order valence-corrected chi connectivity index (χ3v) is 4.93. The molecule has 2 rings (SSSR count). The summed E-state index contributed by atoms with van der Waals surface area (Å²) in [6.45, 7) is 1.73. The van der Waals surface area contributed by atoms with Crippen LogP contribution in [-0.2, 0) is 15.6 Å². The van der Waals surface area contributed by atoms with Crippen molar-refractivity contribution < 1.29 is 12.8 Å². The molecule has 2 aromatic rings. The lowest BCUT2D eigenvalue weighted by Crippen LogP contribution is -2.06. The molecule has 0 spiro atoms. The summed E-state index contributed by atoms with van der Waals surface area (Å²) in [5.41, 5.74) is 7.23. The standard InChI is InChI=1S/C14H13ClFNO2S/c1-9-6-11(3-5-14(9)17)20(18,19)8-10-2-4-12(15)13(16)7-10/h2-7H,8,17H2,1H3. The van der Waals surface area contributed by atoms with Crippen LogP contribution in [-0.4, -0.2) is 8.42 Å². The summed E-state index contributed by atoms with van der Waals surface area (Å²) in [6, 6.07) is 8.47. The van der Waals surface area contributed by atoms with E-state index < -0.39 is 15.7 Å². The van der Waals surface area contributed by atoms with Gasteiger partial charge in [-0.1, -0.05) is 17.7 Å². The van der Waals surface area contributed by atoms with Gasteiger partial charge in [-0.05, 0) is 48.4 Å². The van der Waals surface area contributed by atoms with Crippen LogP contribution in [0.15, 0.2) is 41.3 Å². The van der Waals surface area contributed by atoms with Gasteiger partial charge in [0, 0.05) is 5.69 Å². The van der Waals surface area contributed by atoms with Gasteiger partial charge in [0.2, 0.25) is 0 Å². The Kier molecular flexibility index (Phi) is 4.01. The van der Waals surface area contributed by atoms with Crippen LogP contribution in [0.4, 0.5) is 10.1 Å². The number of nitrogen functional groups attached to an aromatic ring is 1. The number of aryl methyl sites for hydroxylation is 1. The molecule has 0 aliphatic rings. The molecule has 3 nitrogen and oxygen atoms in total. The number of halogens is 2. The van der Waals surface area contributed by atoms with Gasteiger partial charge in [-0.15, -0.1) is 0 Å². The minimum atomic E-state index is -3.55. The summed E-state index contributed by atoms with van der Waals surface area (Å²) in [4.78, 5) is 0.166. The van der Waals surface area contributed by atoms with Crippen molar-refractivity contribution >= 4 is 27.1 Å². The van der Waals surface area contributed by atoms with Crippen molar-refractivity contribution in [2.75, 3.05) is 5.73 Å². The number of sulfone groups is 1. The first-order chi connectivity index (χ1) is 9.29. The Morgan fingerprint density at radius 3 is 2.50 bits per heavy atom. The van der Waals surface area contributed by atoms with E-state index in [4.69, 9.17) is 17.3 Å². The Morgan fingerprint density at radius 2 is 1.90 bits per heavy atom. The smallest absolute Gasteiger partial charge is 0.182 e. The zero-order valence-electron chi connectivity index (χ0n) is 10.7. The predicted molar refractivity (Wildman–Crippen MR) is 77.9 cm³/mol. The second-order valence-corrected chi connectivity index (χ2v) is 6.92. The van der Waals surface area contributed by atoms with Crippen molar-refractivity contribution in [3.8, 4) is 0 Å². The van der Waals surface area contributed by atoms with E-state index in [2.05, 4.69) is 0 Å². The average Bonchev–Trinajstić information content (AvgIpc) is 2.37. The second-order valence-electron chi connectivity index (χ2n) is 4.53. The first-order valence-corrected chi connectivity index (χ1v) is 7.85. The maximum absolute atomic E-state index is 13.3. The van der Waals surface area contributed by atoms with Crippen LogP contribution < -0.4 is 5.73 Å².